The molecule has 5 nitrogen and oxygen atoms in total. The normalized spacial score (nSPS) is 15.4. The minimum absolute atomic E-state index is 0.0723. The van der Waals surface area contributed by atoms with E-state index in [-0.39, 0.29) is 17.7 Å². The molecule has 0 radical (unpaired) electrons. The molecular weight excluding hydrogens is 358 g/mol. The molecule has 0 aromatic heterocycles. The van der Waals surface area contributed by atoms with Gasteiger partial charge in [-0.1, -0.05) is 30.5 Å². The van der Waals surface area contributed by atoms with Crippen molar-refractivity contribution in [1.29, 1.82) is 0 Å². The van der Waals surface area contributed by atoms with Gasteiger partial charge in [-0.2, -0.15) is 0 Å². The number of Topliss-reactive ketones (excluding diaryl/α,β-unsaturated/α-hetero) is 1. The average molecular weight is 382 g/mol. The highest BCUT2D eigenvalue weighted by Gasteiger charge is 2.28. The molecule has 25 heavy (non-hydrogen) atoms. The number of rotatable bonds is 9. The van der Waals surface area contributed by atoms with Crippen LogP contribution in [0.3, 0.4) is 0 Å². The molecule has 2 rings (SSSR count). The van der Waals surface area contributed by atoms with Gasteiger partial charge < -0.3 is 15.5 Å². The fourth-order valence-electron chi connectivity index (χ4n) is 2.55. The van der Waals surface area contributed by atoms with Gasteiger partial charge in [0.25, 0.3) is 0 Å². The van der Waals surface area contributed by atoms with E-state index in [1.165, 1.54) is 11.9 Å². The van der Waals surface area contributed by atoms with Gasteiger partial charge in [-0.3, -0.25) is 4.79 Å². The first-order valence-electron chi connectivity index (χ1n) is 8.41. The molecule has 1 aliphatic rings. The summed E-state index contributed by atoms with van der Waals surface area (Å²) < 4.78 is 1.88. The summed E-state index contributed by atoms with van der Waals surface area (Å²) in [4.78, 5) is 23.8. The molecule has 1 amide bonds. The van der Waals surface area contributed by atoms with Gasteiger partial charge in [0.2, 0.25) is 5.91 Å². The van der Waals surface area contributed by atoms with Crippen molar-refractivity contribution >= 4 is 40.9 Å². The number of hydrazine groups is 1. The van der Waals surface area contributed by atoms with Gasteiger partial charge >= 0.3 is 0 Å². The molecule has 1 atom stereocenters. The number of carbonyl (C=O) groups excluding carboxylic acids is 2. The van der Waals surface area contributed by atoms with E-state index < -0.39 is 0 Å². The molecule has 7 heteroatoms. The standard InChI is InChI=1S/C18H24ClN3O2S/c1-13-12-25-22(21-13)17(10-5-3-4-7-14(2)23)18(24)20-16-9-6-8-15(19)11-16/h6,8-9,11-12,17,21H,3-5,7,10H2,1-2H3,(H,20,24). The first-order valence-corrected chi connectivity index (χ1v) is 9.62. The zero-order valence-corrected chi connectivity index (χ0v) is 16.1. The summed E-state index contributed by atoms with van der Waals surface area (Å²) in [5, 5.41) is 5.51. The molecule has 2 N–H and O–H groups in total. The molecule has 1 aromatic rings. The third-order valence-corrected chi connectivity index (χ3v) is 5.08. The lowest BCUT2D eigenvalue weighted by Gasteiger charge is -2.26. The second-order valence-electron chi connectivity index (χ2n) is 6.16. The molecule has 1 aromatic carbocycles. The van der Waals surface area contributed by atoms with Crippen molar-refractivity contribution in [3.05, 3.63) is 40.4 Å². The van der Waals surface area contributed by atoms with Crippen LogP contribution >= 0.6 is 23.5 Å². The highest BCUT2D eigenvalue weighted by molar-refractivity contribution is 8.00. The Balaban J connectivity index is 1.93. The number of unbranched alkanes of at least 4 members (excludes halogenated alkanes) is 2. The predicted octanol–water partition coefficient (Wildman–Crippen LogP) is 4.52. The third-order valence-electron chi connectivity index (χ3n) is 3.81. The second kappa shape index (κ2) is 9.85. The summed E-state index contributed by atoms with van der Waals surface area (Å²) in [6, 6.07) is 6.83. The molecule has 0 saturated carbocycles. The summed E-state index contributed by atoms with van der Waals surface area (Å²) in [6.07, 6.45) is 4.02. The van der Waals surface area contributed by atoms with Gasteiger partial charge in [0.05, 0.1) is 0 Å². The van der Waals surface area contributed by atoms with Crippen LogP contribution in [0.5, 0.6) is 0 Å². The van der Waals surface area contributed by atoms with Crippen LogP contribution in [0.1, 0.15) is 46.0 Å². The summed E-state index contributed by atoms with van der Waals surface area (Å²) >= 11 is 7.47. The number of hydrogen-bond acceptors (Lipinski definition) is 5. The molecule has 1 aliphatic heterocycles. The van der Waals surface area contributed by atoms with Crippen LogP contribution in [-0.4, -0.2) is 22.1 Å². The minimum Gasteiger partial charge on any atom is -0.325 e. The van der Waals surface area contributed by atoms with Crippen molar-refractivity contribution < 1.29 is 9.59 Å². The summed E-state index contributed by atoms with van der Waals surface area (Å²) in [5.41, 5.74) is 4.91. The quantitative estimate of drug-likeness (QED) is 0.486. The van der Waals surface area contributed by atoms with Crippen molar-refractivity contribution in [1.82, 2.24) is 9.84 Å². The number of anilines is 1. The van der Waals surface area contributed by atoms with Crippen LogP contribution in [-0.2, 0) is 9.59 Å². The summed E-state index contributed by atoms with van der Waals surface area (Å²) in [5.74, 6) is 0.142. The number of nitrogens with one attached hydrogen (secondary N) is 2. The van der Waals surface area contributed by atoms with Crippen LogP contribution in [0, 0.1) is 0 Å². The summed E-state index contributed by atoms with van der Waals surface area (Å²) in [7, 11) is 0. The topological polar surface area (TPSA) is 61.4 Å². The van der Waals surface area contributed by atoms with Gasteiger partial charge in [-0.25, -0.2) is 0 Å². The Hall–Kier alpha value is -1.50. The molecule has 0 fully saturated rings. The second-order valence-corrected chi connectivity index (χ2v) is 7.44. The van der Waals surface area contributed by atoms with Crippen LogP contribution in [0.4, 0.5) is 5.69 Å². The van der Waals surface area contributed by atoms with Crippen molar-refractivity contribution in [2.24, 2.45) is 0 Å². The largest absolute Gasteiger partial charge is 0.325 e. The lowest BCUT2D eigenvalue weighted by atomic mass is 10.1. The number of allylic oxidation sites excluding steroid dienone is 1. The Bertz CT molecular complexity index is 651. The number of benzene rings is 1. The molecule has 136 valence electrons. The number of ketones is 1. The van der Waals surface area contributed by atoms with Crippen LogP contribution in [0.15, 0.2) is 35.4 Å². The molecule has 0 aliphatic carbocycles. The fraction of sp³-hybridized carbons (Fsp3) is 0.444. The van der Waals surface area contributed by atoms with Gasteiger partial charge in [0.15, 0.2) is 0 Å². The Kier molecular flexibility index (Phi) is 7.81. The van der Waals surface area contributed by atoms with E-state index in [2.05, 4.69) is 10.7 Å². The number of hydrogen-bond donors (Lipinski definition) is 2. The third kappa shape index (κ3) is 6.72. The number of nitrogens with zero attached hydrogens (tertiary/aromatic N) is 1. The Morgan fingerprint density at radius 3 is 2.76 bits per heavy atom. The van der Waals surface area contributed by atoms with Crippen molar-refractivity contribution in [3.63, 3.8) is 0 Å². The zero-order valence-electron chi connectivity index (χ0n) is 14.5. The van der Waals surface area contributed by atoms with Crippen molar-refractivity contribution in [3.8, 4) is 0 Å². The lowest BCUT2D eigenvalue weighted by molar-refractivity contribution is -0.120. The van der Waals surface area contributed by atoms with E-state index in [9.17, 15) is 9.59 Å². The van der Waals surface area contributed by atoms with Crippen LogP contribution in [0.2, 0.25) is 5.02 Å². The highest BCUT2D eigenvalue weighted by Crippen LogP contribution is 2.26. The zero-order chi connectivity index (χ0) is 18.2. The van der Waals surface area contributed by atoms with E-state index in [0.717, 1.165) is 25.0 Å². The van der Waals surface area contributed by atoms with E-state index in [0.29, 0.717) is 23.6 Å². The Morgan fingerprint density at radius 2 is 2.12 bits per heavy atom. The molecule has 0 bridgehead atoms. The Labute approximate surface area is 158 Å². The number of carbonyl (C=O) groups is 2. The fourth-order valence-corrected chi connectivity index (χ4v) is 3.61. The predicted molar refractivity (Wildman–Crippen MR) is 104 cm³/mol. The smallest absolute Gasteiger partial charge is 0.244 e. The van der Waals surface area contributed by atoms with E-state index in [4.69, 9.17) is 11.6 Å². The SMILES string of the molecule is CC(=O)CCCCCC(C(=O)Nc1cccc(Cl)c1)N1NC(C)=CS1. The molecule has 1 unspecified atom stereocenters. The average Bonchev–Trinajstić information content (AvgIpc) is 2.96. The van der Waals surface area contributed by atoms with Gasteiger partial charge in [-0.15, -0.1) is 4.41 Å². The van der Waals surface area contributed by atoms with E-state index in [1.807, 2.05) is 28.9 Å². The minimum atomic E-state index is -0.310. The number of halogens is 1. The summed E-state index contributed by atoms with van der Waals surface area (Å²) in [6.45, 7) is 3.58. The van der Waals surface area contributed by atoms with Crippen LogP contribution < -0.4 is 10.7 Å². The van der Waals surface area contributed by atoms with Crippen molar-refractivity contribution in [2.75, 3.05) is 5.32 Å². The maximum absolute atomic E-state index is 12.8. The first kappa shape index (κ1) is 19.8. The van der Waals surface area contributed by atoms with E-state index >= 15 is 0 Å². The molecule has 0 saturated heterocycles. The molecular formula is C18H24ClN3O2S. The number of amides is 1. The van der Waals surface area contributed by atoms with Gasteiger partial charge in [0.1, 0.15) is 11.8 Å². The highest BCUT2D eigenvalue weighted by atomic mass is 35.5. The maximum Gasteiger partial charge on any atom is 0.244 e. The van der Waals surface area contributed by atoms with Gasteiger partial charge in [-0.05, 0) is 56.8 Å². The van der Waals surface area contributed by atoms with Crippen LogP contribution in [0.25, 0.3) is 0 Å². The Morgan fingerprint density at radius 1 is 1.32 bits per heavy atom. The monoisotopic (exact) mass is 381 g/mol. The van der Waals surface area contributed by atoms with Gasteiger partial charge in [0, 0.05) is 28.2 Å². The van der Waals surface area contributed by atoms with Crippen molar-refractivity contribution in [2.45, 2.75) is 52.0 Å². The molecule has 0 spiro atoms. The lowest BCUT2D eigenvalue weighted by Crippen LogP contribution is -2.44. The molecule has 1 heterocycles. The maximum atomic E-state index is 12.8. The van der Waals surface area contributed by atoms with E-state index in [1.54, 1.807) is 19.1 Å². The first-order chi connectivity index (χ1) is 12.0.